The summed E-state index contributed by atoms with van der Waals surface area (Å²) in [6, 6.07) is 5.04. The maximum absolute atomic E-state index is 12.3. The number of amides is 1. The van der Waals surface area contributed by atoms with E-state index < -0.39 is 0 Å². The first-order valence-corrected chi connectivity index (χ1v) is 7.53. The molecule has 0 aliphatic carbocycles. The zero-order valence-electron chi connectivity index (χ0n) is 13.0. The first kappa shape index (κ1) is 16.3. The highest BCUT2D eigenvalue weighted by Crippen LogP contribution is 2.24. The number of nitrogens with one attached hydrogen (secondary N) is 1. The van der Waals surface area contributed by atoms with Gasteiger partial charge >= 0.3 is 0 Å². The van der Waals surface area contributed by atoms with E-state index in [0.717, 1.165) is 12.2 Å². The SMILES string of the molecule is COc1cc(OC)cc(C(=O)Nc2nc(CN(C)C)cs2)c1. The number of carbonyl (C=O) groups excluding carboxylic acids is 1. The lowest BCUT2D eigenvalue weighted by Crippen LogP contribution is -2.13. The Morgan fingerprint density at radius 3 is 2.41 bits per heavy atom. The van der Waals surface area contributed by atoms with Crippen LogP contribution in [0.2, 0.25) is 0 Å². The summed E-state index contributed by atoms with van der Waals surface area (Å²) >= 11 is 1.40. The largest absolute Gasteiger partial charge is 0.497 e. The maximum Gasteiger partial charge on any atom is 0.257 e. The molecule has 1 amide bonds. The highest BCUT2D eigenvalue weighted by Gasteiger charge is 2.12. The summed E-state index contributed by atoms with van der Waals surface area (Å²) in [4.78, 5) is 18.7. The number of thiazole rings is 1. The third-order valence-electron chi connectivity index (χ3n) is 2.86. The standard InChI is InChI=1S/C15H19N3O3S/c1-18(2)8-11-9-22-15(16-11)17-14(19)10-5-12(20-3)7-13(6-10)21-4/h5-7,9H,8H2,1-4H3,(H,16,17,19). The van der Waals surface area contributed by atoms with E-state index >= 15 is 0 Å². The number of rotatable bonds is 6. The second kappa shape index (κ2) is 7.24. The third kappa shape index (κ3) is 4.19. The van der Waals surface area contributed by atoms with E-state index in [1.165, 1.54) is 11.3 Å². The second-order valence-electron chi connectivity index (χ2n) is 4.94. The molecule has 7 heteroatoms. The molecule has 0 radical (unpaired) electrons. The Labute approximate surface area is 133 Å². The van der Waals surface area contributed by atoms with Gasteiger partial charge in [0.05, 0.1) is 19.9 Å². The Hall–Kier alpha value is -2.12. The summed E-state index contributed by atoms with van der Waals surface area (Å²) in [6.07, 6.45) is 0. The van der Waals surface area contributed by atoms with Crippen molar-refractivity contribution in [2.24, 2.45) is 0 Å². The summed E-state index contributed by atoms with van der Waals surface area (Å²) in [6.45, 7) is 0.735. The molecule has 1 N–H and O–H groups in total. The van der Waals surface area contributed by atoms with Crippen LogP contribution < -0.4 is 14.8 Å². The molecule has 0 saturated carbocycles. The lowest BCUT2D eigenvalue weighted by molar-refractivity contribution is 0.102. The molecular formula is C15H19N3O3S. The van der Waals surface area contributed by atoms with Crippen LogP contribution in [0, 0.1) is 0 Å². The quantitative estimate of drug-likeness (QED) is 0.885. The number of methoxy groups -OCH3 is 2. The van der Waals surface area contributed by atoms with E-state index in [2.05, 4.69) is 10.3 Å². The Morgan fingerprint density at radius 2 is 1.86 bits per heavy atom. The minimum absolute atomic E-state index is 0.247. The third-order valence-corrected chi connectivity index (χ3v) is 3.67. The van der Waals surface area contributed by atoms with Gasteiger partial charge in [-0.2, -0.15) is 0 Å². The molecule has 2 rings (SSSR count). The van der Waals surface area contributed by atoms with Gasteiger partial charge in [-0.3, -0.25) is 10.1 Å². The summed E-state index contributed by atoms with van der Waals surface area (Å²) in [5.41, 5.74) is 1.38. The van der Waals surface area contributed by atoms with Crippen LogP contribution in [0.25, 0.3) is 0 Å². The molecule has 0 spiro atoms. The van der Waals surface area contributed by atoms with Crippen molar-refractivity contribution in [1.82, 2.24) is 9.88 Å². The van der Waals surface area contributed by atoms with E-state index in [9.17, 15) is 4.79 Å². The lowest BCUT2D eigenvalue weighted by atomic mass is 10.2. The summed E-state index contributed by atoms with van der Waals surface area (Å²) in [5.74, 6) is 0.886. The Kier molecular flexibility index (Phi) is 5.35. The van der Waals surface area contributed by atoms with Gasteiger partial charge in [0, 0.05) is 23.6 Å². The van der Waals surface area contributed by atoms with E-state index in [0.29, 0.717) is 22.2 Å². The summed E-state index contributed by atoms with van der Waals surface area (Å²) in [7, 11) is 7.04. The number of hydrogen-bond acceptors (Lipinski definition) is 6. The van der Waals surface area contributed by atoms with Gasteiger partial charge in [0.2, 0.25) is 0 Å². The predicted octanol–water partition coefficient (Wildman–Crippen LogP) is 2.47. The molecule has 0 fully saturated rings. The van der Waals surface area contributed by atoms with Crippen LogP contribution >= 0.6 is 11.3 Å². The molecule has 1 heterocycles. The van der Waals surface area contributed by atoms with Crippen molar-refractivity contribution in [3.8, 4) is 11.5 Å². The van der Waals surface area contributed by atoms with Gasteiger partial charge in [-0.25, -0.2) is 4.98 Å². The molecule has 0 unspecified atom stereocenters. The minimum atomic E-state index is -0.247. The van der Waals surface area contributed by atoms with Gasteiger partial charge in [0.25, 0.3) is 5.91 Å². The van der Waals surface area contributed by atoms with Crippen LogP contribution in [0.3, 0.4) is 0 Å². The molecule has 0 bridgehead atoms. The number of aromatic nitrogens is 1. The Bertz CT molecular complexity index is 633. The van der Waals surface area contributed by atoms with Crippen molar-refractivity contribution in [2.75, 3.05) is 33.6 Å². The molecule has 1 aromatic carbocycles. The van der Waals surface area contributed by atoms with Crippen LogP contribution in [0.1, 0.15) is 16.1 Å². The average molecular weight is 321 g/mol. The molecular weight excluding hydrogens is 302 g/mol. The molecule has 1 aromatic heterocycles. The normalized spacial score (nSPS) is 10.6. The predicted molar refractivity (Wildman–Crippen MR) is 87.0 cm³/mol. The average Bonchev–Trinajstić information content (AvgIpc) is 2.92. The number of hydrogen-bond donors (Lipinski definition) is 1. The zero-order valence-corrected chi connectivity index (χ0v) is 13.9. The van der Waals surface area contributed by atoms with Crippen molar-refractivity contribution in [2.45, 2.75) is 6.54 Å². The van der Waals surface area contributed by atoms with Crippen LogP contribution in [0.4, 0.5) is 5.13 Å². The number of nitrogens with zero attached hydrogens (tertiary/aromatic N) is 2. The number of anilines is 1. The Morgan fingerprint density at radius 1 is 1.23 bits per heavy atom. The molecule has 2 aromatic rings. The van der Waals surface area contributed by atoms with Crippen molar-refractivity contribution in [3.05, 3.63) is 34.8 Å². The molecule has 0 aliphatic heterocycles. The summed E-state index contributed by atoms with van der Waals surface area (Å²) < 4.78 is 10.3. The molecule has 22 heavy (non-hydrogen) atoms. The monoisotopic (exact) mass is 321 g/mol. The number of carbonyl (C=O) groups is 1. The fraction of sp³-hybridized carbons (Fsp3) is 0.333. The van der Waals surface area contributed by atoms with Crippen molar-refractivity contribution >= 4 is 22.4 Å². The fourth-order valence-electron chi connectivity index (χ4n) is 1.87. The Balaban J connectivity index is 2.13. The van der Waals surface area contributed by atoms with E-state index in [-0.39, 0.29) is 5.91 Å². The molecule has 0 saturated heterocycles. The first-order chi connectivity index (χ1) is 10.5. The van der Waals surface area contributed by atoms with Crippen LogP contribution in [0.15, 0.2) is 23.6 Å². The maximum atomic E-state index is 12.3. The van der Waals surface area contributed by atoms with Crippen molar-refractivity contribution in [1.29, 1.82) is 0 Å². The summed E-state index contributed by atoms with van der Waals surface area (Å²) in [5, 5.41) is 5.30. The fourth-order valence-corrected chi connectivity index (χ4v) is 2.57. The molecule has 118 valence electrons. The van der Waals surface area contributed by atoms with E-state index in [1.807, 2.05) is 24.4 Å². The zero-order chi connectivity index (χ0) is 16.1. The van der Waals surface area contributed by atoms with Crippen LogP contribution in [-0.2, 0) is 6.54 Å². The minimum Gasteiger partial charge on any atom is -0.497 e. The van der Waals surface area contributed by atoms with Crippen molar-refractivity contribution < 1.29 is 14.3 Å². The number of benzene rings is 1. The van der Waals surface area contributed by atoms with Gasteiger partial charge in [-0.15, -0.1) is 11.3 Å². The van der Waals surface area contributed by atoms with E-state index in [4.69, 9.17) is 9.47 Å². The van der Waals surface area contributed by atoms with Crippen LogP contribution in [0.5, 0.6) is 11.5 Å². The van der Waals surface area contributed by atoms with Crippen LogP contribution in [-0.4, -0.2) is 44.1 Å². The van der Waals surface area contributed by atoms with Gasteiger partial charge in [-0.05, 0) is 26.2 Å². The smallest absolute Gasteiger partial charge is 0.257 e. The molecule has 0 atom stereocenters. The molecule has 6 nitrogen and oxygen atoms in total. The van der Waals surface area contributed by atoms with Crippen molar-refractivity contribution in [3.63, 3.8) is 0 Å². The highest BCUT2D eigenvalue weighted by molar-refractivity contribution is 7.13. The van der Waals surface area contributed by atoms with Gasteiger partial charge in [0.15, 0.2) is 5.13 Å². The van der Waals surface area contributed by atoms with Gasteiger partial charge in [-0.1, -0.05) is 0 Å². The van der Waals surface area contributed by atoms with Gasteiger partial charge in [0.1, 0.15) is 11.5 Å². The molecule has 0 aliphatic rings. The number of ether oxygens (including phenoxy) is 2. The highest BCUT2D eigenvalue weighted by atomic mass is 32.1. The topological polar surface area (TPSA) is 63.7 Å². The second-order valence-corrected chi connectivity index (χ2v) is 5.80. The van der Waals surface area contributed by atoms with E-state index in [1.54, 1.807) is 32.4 Å². The first-order valence-electron chi connectivity index (χ1n) is 6.65. The lowest BCUT2D eigenvalue weighted by Gasteiger charge is -2.08. The van der Waals surface area contributed by atoms with Gasteiger partial charge < -0.3 is 14.4 Å².